The first-order valence-electron chi connectivity index (χ1n) is 7.36. The average Bonchev–Trinajstić information content (AvgIpc) is 2.63. The van der Waals surface area contributed by atoms with Crippen LogP contribution in [0.25, 0.3) is 0 Å². The molecule has 0 bridgehead atoms. The van der Waals surface area contributed by atoms with E-state index in [0.717, 1.165) is 6.07 Å². The van der Waals surface area contributed by atoms with Crippen molar-refractivity contribution in [2.75, 3.05) is 11.9 Å². The maximum Gasteiger partial charge on any atom is 0.329 e. The van der Waals surface area contributed by atoms with Crippen molar-refractivity contribution in [1.29, 1.82) is 0 Å². The molecule has 0 fully saturated rings. The molecule has 0 aliphatic heterocycles. The van der Waals surface area contributed by atoms with Crippen LogP contribution in [0.5, 0.6) is 5.75 Å². The molecule has 2 aromatic rings. The van der Waals surface area contributed by atoms with E-state index in [4.69, 9.17) is 34.4 Å². The predicted octanol–water partition coefficient (Wildman–Crippen LogP) is 3.23. The molecule has 2 aromatic carbocycles. The van der Waals surface area contributed by atoms with Crippen LogP contribution in [-0.4, -0.2) is 24.6 Å². The monoisotopic (exact) mass is 407 g/mol. The molecule has 2 N–H and O–H groups in total. The summed E-state index contributed by atoms with van der Waals surface area (Å²) >= 11 is 12.1. The summed E-state index contributed by atoms with van der Waals surface area (Å²) in [5.74, 6) is -0.316. The van der Waals surface area contributed by atoms with Crippen molar-refractivity contribution in [3.63, 3.8) is 0 Å². The van der Waals surface area contributed by atoms with Gasteiger partial charge in [-0.15, -0.1) is 6.42 Å². The van der Waals surface area contributed by atoms with Gasteiger partial charge in [-0.05, 0) is 29.8 Å². The molecule has 0 aliphatic rings. The summed E-state index contributed by atoms with van der Waals surface area (Å²) in [5.41, 5.74) is 2.33. The second-order valence-electron chi connectivity index (χ2n) is 4.94. The van der Waals surface area contributed by atoms with Gasteiger partial charge in [0.2, 0.25) is 0 Å². The summed E-state index contributed by atoms with van der Waals surface area (Å²) in [6, 6.07) is 8.39. The lowest BCUT2D eigenvalue weighted by Crippen LogP contribution is -2.32. The third kappa shape index (κ3) is 5.71. The summed E-state index contributed by atoms with van der Waals surface area (Å²) in [5, 5.41) is 6.15. The number of carbonyl (C=O) groups is 2. The first-order chi connectivity index (χ1) is 12.9. The van der Waals surface area contributed by atoms with Gasteiger partial charge in [-0.1, -0.05) is 41.3 Å². The predicted molar refractivity (Wildman–Crippen MR) is 102 cm³/mol. The van der Waals surface area contributed by atoms with Gasteiger partial charge in [-0.25, -0.2) is 9.82 Å². The van der Waals surface area contributed by atoms with Gasteiger partial charge < -0.3 is 10.1 Å². The van der Waals surface area contributed by atoms with Crippen LogP contribution in [0.3, 0.4) is 0 Å². The zero-order valence-electron chi connectivity index (χ0n) is 13.6. The second kappa shape index (κ2) is 9.57. The van der Waals surface area contributed by atoms with Crippen molar-refractivity contribution in [1.82, 2.24) is 5.43 Å². The number of para-hydroxylation sites is 1. The Kier molecular flexibility index (Phi) is 7.17. The Morgan fingerprint density at radius 1 is 1.22 bits per heavy atom. The fourth-order valence-corrected chi connectivity index (χ4v) is 2.48. The molecule has 9 heteroatoms. The number of ether oxygens (including phenoxy) is 1. The van der Waals surface area contributed by atoms with Crippen molar-refractivity contribution < 1.29 is 18.7 Å². The van der Waals surface area contributed by atoms with Crippen LogP contribution in [0.15, 0.2) is 41.5 Å². The summed E-state index contributed by atoms with van der Waals surface area (Å²) in [7, 11) is 0. The number of hydrazone groups is 1. The minimum absolute atomic E-state index is 0.0000531. The lowest BCUT2D eigenvalue weighted by Gasteiger charge is -2.08. The topological polar surface area (TPSA) is 79.8 Å². The van der Waals surface area contributed by atoms with Gasteiger partial charge in [-0.3, -0.25) is 9.59 Å². The Bertz CT molecular complexity index is 919. The highest BCUT2D eigenvalue weighted by atomic mass is 35.5. The summed E-state index contributed by atoms with van der Waals surface area (Å²) in [6.07, 6.45) is 6.32. The normalized spacial score (nSPS) is 10.3. The van der Waals surface area contributed by atoms with Crippen molar-refractivity contribution >= 4 is 46.9 Å². The first kappa shape index (κ1) is 20.2. The number of hydrogen-bond acceptors (Lipinski definition) is 4. The Hall–Kier alpha value is -3.08. The van der Waals surface area contributed by atoms with E-state index in [1.807, 2.05) is 5.43 Å². The highest BCUT2D eigenvalue weighted by molar-refractivity contribution is 6.39. The van der Waals surface area contributed by atoms with Gasteiger partial charge in [0.25, 0.3) is 0 Å². The molecule has 0 unspecified atom stereocenters. The smallest absolute Gasteiger partial charge is 0.329 e. The zero-order chi connectivity index (χ0) is 19.8. The van der Waals surface area contributed by atoms with Crippen LogP contribution in [0.1, 0.15) is 5.56 Å². The van der Waals surface area contributed by atoms with Crippen LogP contribution >= 0.6 is 23.2 Å². The lowest BCUT2D eigenvalue weighted by atomic mass is 10.2. The fraction of sp³-hybridized carbons (Fsp3) is 0.0556. The maximum absolute atomic E-state index is 13.5. The summed E-state index contributed by atoms with van der Waals surface area (Å²) in [4.78, 5) is 23.4. The molecule has 0 heterocycles. The van der Waals surface area contributed by atoms with E-state index in [0.29, 0.717) is 5.56 Å². The fourth-order valence-electron chi connectivity index (χ4n) is 1.86. The Morgan fingerprint density at radius 3 is 2.52 bits per heavy atom. The van der Waals surface area contributed by atoms with Gasteiger partial charge >= 0.3 is 11.8 Å². The number of hydrogen-bond donors (Lipinski definition) is 2. The maximum atomic E-state index is 13.5. The van der Waals surface area contributed by atoms with Crippen molar-refractivity contribution in [3.8, 4) is 18.1 Å². The molecule has 0 aromatic heterocycles. The van der Waals surface area contributed by atoms with E-state index in [-0.39, 0.29) is 28.1 Å². The van der Waals surface area contributed by atoms with E-state index in [2.05, 4.69) is 16.3 Å². The van der Waals surface area contributed by atoms with Gasteiger partial charge in [0.05, 0.1) is 21.9 Å². The van der Waals surface area contributed by atoms with Gasteiger partial charge in [0.1, 0.15) is 12.4 Å². The molecule has 6 nitrogen and oxygen atoms in total. The van der Waals surface area contributed by atoms with Gasteiger partial charge in [-0.2, -0.15) is 5.10 Å². The standard InChI is InChI=1S/C18H12Cl2FN3O3/c1-2-7-27-16-12(19)8-11(9-13(16)20)10-22-24-18(26)17(25)23-15-6-4-3-5-14(15)21/h1,3-6,8-10H,7H2,(H,23,25)(H,24,26)/b22-10-. The van der Waals surface area contributed by atoms with Crippen LogP contribution in [-0.2, 0) is 9.59 Å². The molecular weight excluding hydrogens is 396 g/mol. The Morgan fingerprint density at radius 2 is 1.89 bits per heavy atom. The molecule has 0 atom stereocenters. The van der Waals surface area contributed by atoms with Crippen LogP contribution in [0, 0.1) is 18.2 Å². The van der Waals surface area contributed by atoms with E-state index in [1.54, 1.807) is 0 Å². The van der Waals surface area contributed by atoms with E-state index >= 15 is 0 Å². The number of anilines is 1. The second-order valence-corrected chi connectivity index (χ2v) is 5.75. The minimum atomic E-state index is -1.08. The van der Waals surface area contributed by atoms with Crippen molar-refractivity contribution in [3.05, 3.63) is 57.8 Å². The highest BCUT2D eigenvalue weighted by Gasteiger charge is 2.14. The number of nitrogens with zero attached hydrogens (tertiary/aromatic N) is 1. The van der Waals surface area contributed by atoms with E-state index in [9.17, 15) is 14.0 Å². The molecule has 27 heavy (non-hydrogen) atoms. The number of terminal acetylenes is 1. The molecule has 138 valence electrons. The van der Waals surface area contributed by atoms with E-state index in [1.165, 1.54) is 36.5 Å². The quantitative estimate of drug-likeness (QED) is 0.345. The SMILES string of the molecule is C#CCOc1c(Cl)cc(/C=N\NC(=O)C(=O)Nc2ccccc2F)cc1Cl. The number of halogens is 3. The Balaban J connectivity index is 1.98. The number of carbonyl (C=O) groups excluding carboxylic acids is 2. The van der Waals surface area contributed by atoms with Crippen molar-refractivity contribution in [2.45, 2.75) is 0 Å². The third-order valence-electron chi connectivity index (χ3n) is 3.03. The summed E-state index contributed by atoms with van der Waals surface area (Å²) in [6.45, 7) is 0.0000531. The number of nitrogens with one attached hydrogen (secondary N) is 2. The van der Waals surface area contributed by atoms with Crippen LogP contribution in [0.2, 0.25) is 10.0 Å². The van der Waals surface area contributed by atoms with Gasteiger partial charge in [0.15, 0.2) is 5.75 Å². The van der Waals surface area contributed by atoms with Crippen molar-refractivity contribution in [2.24, 2.45) is 5.10 Å². The highest BCUT2D eigenvalue weighted by Crippen LogP contribution is 2.33. The molecule has 0 radical (unpaired) electrons. The molecular formula is C18H12Cl2FN3O3. The largest absolute Gasteiger partial charge is 0.478 e. The van der Waals surface area contributed by atoms with Gasteiger partial charge in [0, 0.05) is 0 Å². The molecule has 0 saturated heterocycles. The molecule has 2 rings (SSSR count). The molecule has 0 spiro atoms. The van der Waals surface area contributed by atoms with E-state index < -0.39 is 17.6 Å². The lowest BCUT2D eigenvalue weighted by molar-refractivity contribution is -0.136. The molecule has 0 saturated carbocycles. The number of rotatable bonds is 5. The Labute approximate surface area is 164 Å². The van der Waals surface area contributed by atoms with Crippen LogP contribution in [0.4, 0.5) is 10.1 Å². The zero-order valence-corrected chi connectivity index (χ0v) is 15.1. The summed E-state index contributed by atoms with van der Waals surface area (Å²) < 4.78 is 18.7. The van der Waals surface area contributed by atoms with Crippen LogP contribution < -0.4 is 15.5 Å². The molecule has 0 aliphatic carbocycles. The average molecular weight is 408 g/mol. The number of benzene rings is 2. The third-order valence-corrected chi connectivity index (χ3v) is 3.59. The first-order valence-corrected chi connectivity index (χ1v) is 8.12. The number of amides is 2. The molecule has 2 amide bonds. The minimum Gasteiger partial charge on any atom is -0.478 e.